The molecule has 15 heavy (non-hydrogen) atoms. The summed E-state index contributed by atoms with van der Waals surface area (Å²) in [5, 5.41) is 4.27. The Kier molecular flexibility index (Phi) is 3.29. The lowest BCUT2D eigenvalue weighted by Crippen LogP contribution is -2.19. The Hall–Kier alpha value is -0.990. The van der Waals surface area contributed by atoms with E-state index in [0.717, 1.165) is 5.75 Å². The molecule has 1 aliphatic rings. The van der Waals surface area contributed by atoms with E-state index in [4.69, 9.17) is 4.74 Å². The maximum absolute atomic E-state index is 5.90. The van der Waals surface area contributed by atoms with Crippen molar-refractivity contribution in [3.63, 3.8) is 0 Å². The number of rotatable bonds is 3. The Bertz CT molecular complexity index is 300. The average Bonchev–Trinajstić information content (AvgIpc) is 2.68. The Morgan fingerprint density at radius 2 is 2.07 bits per heavy atom. The molecule has 1 saturated carbocycles. The molecule has 0 saturated heterocycles. The maximum atomic E-state index is 5.90. The second kappa shape index (κ2) is 4.69. The number of hydrogen-bond donors (Lipinski definition) is 0. The third-order valence-corrected chi connectivity index (χ3v) is 2.96. The van der Waals surface area contributed by atoms with Gasteiger partial charge >= 0.3 is 0 Å². The van der Waals surface area contributed by atoms with Crippen molar-refractivity contribution in [2.75, 3.05) is 0 Å². The molecule has 0 radical (unpaired) electrons. The van der Waals surface area contributed by atoms with E-state index >= 15 is 0 Å². The topological polar surface area (TPSA) is 27.1 Å². The summed E-state index contributed by atoms with van der Waals surface area (Å²) in [6, 6.07) is 0.411. The average molecular weight is 208 g/mol. The summed E-state index contributed by atoms with van der Waals surface area (Å²) in [4.78, 5) is 0. The molecule has 0 aliphatic heterocycles. The van der Waals surface area contributed by atoms with E-state index in [9.17, 15) is 0 Å². The maximum Gasteiger partial charge on any atom is 0.157 e. The van der Waals surface area contributed by atoms with Crippen molar-refractivity contribution < 1.29 is 4.74 Å². The summed E-state index contributed by atoms with van der Waals surface area (Å²) >= 11 is 0. The first-order valence-corrected chi connectivity index (χ1v) is 5.96. The van der Waals surface area contributed by atoms with Crippen LogP contribution in [0.5, 0.6) is 5.75 Å². The standard InChI is InChI=1S/C12H20N2O/c1-10(2)14-9-12(8-13-14)15-11-6-4-3-5-7-11/h8-11H,3-7H2,1-2H3. The van der Waals surface area contributed by atoms with Gasteiger partial charge in [-0.2, -0.15) is 5.10 Å². The molecule has 0 unspecified atom stereocenters. The van der Waals surface area contributed by atoms with Crippen LogP contribution in [0.1, 0.15) is 52.0 Å². The zero-order valence-corrected chi connectivity index (χ0v) is 9.65. The predicted molar refractivity (Wildman–Crippen MR) is 60.1 cm³/mol. The number of nitrogens with zero attached hydrogens (tertiary/aromatic N) is 2. The van der Waals surface area contributed by atoms with E-state index in [2.05, 4.69) is 18.9 Å². The van der Waals surface area contributed by atoms with Crippen molar-refractivity contribution >= 4 is 0 Å². The van der Waals surface area contributed by atoms with Gasteiger partial charge in [-0.05, 0) is 39.5 Å². The molecule has 1 aromatic rings. The Morgan fingerprint density at radius 1 is 1.33 bits per heavy atom. The van der Waals surface area contributed by atoms with E-state index in [1.165, 1.54) is 32.1 Å². The highest BCUT2D eigenvalue weighted by Crippen LogP contribution is 2.23. The van der Waals surface area contributed by atoms with Crippen LogP contribution in [0.4, 0.5) is 0 Å². The van der Waals surface area contributed by atoms with Gasteiger partial charge in [-0.25, -0.2) is 0 Å². The van der Waals surface area contributed by atoms with Crippen molar-refractivity contribution in [2.45, 2.75) is 58.1 Å². The van der Waals surface area contributed by atoms with Gasteiger partial charge in [-0.3, -0.25) is 4.68 Å². The molecule has 0 amide bonds. The zero-order valence-electron chi connectivity index (χ0n) is 9.65. The third-order valence-electron chi connectivity index (χ3n) is 2.96. The number of hydrogen-bond acceptors (Lipinski definition) is 2. The Balaban J connectivity index is 1.91. The highest BCUT2D eigenvalue weighted by atomic mass is 16.5. The van der Waals surface area contributed by atoms with Crippen LogP contribution in [0.2, 0.25) is 0 Å². The summed E-state index contributed by atoms with van der Waals surface area (Å²) in [6.45, 7) is 4.24. The lowest BCUT2D eigenvalue weighted by molar-refractivity contribution is 0.155. The van der Waals surface area contributed by atoms with Crippen LogP contribution in [0.3, 0.4) is 0 Å². The van der Waals surface area contributed by atoms with E-state index < -0.39 is 0 Å². The van der Waals surface area contributed by atoms with Crippen LogP contribution in [-0.4, -0.2) is 15.9 Å². The predicted octanol–water partition coefficient (Wildman–Crippen LogP) is 3.18. The van der Waals surface area contributed by atoms with Crippen molar-refractivity contribution in [3.8, 4) is 5.75 Å². The quantitative estimate of drug-likeness (QED) is 0.762. The molecule has 3 nitrogen and oxygen atoms in total. The van der Waals surface area contributed by atoms with Gasteiger partial charge in [-0.15, -0.1) is 0 Å². The first-order valence-electron chi connectivity index (χ1n) is 5.96. The first-order chi connectivity index (χ1) is 7.25. The van der Waals surface area contributed by atoms with Gasteiger partial charge in [-0.1, -0.05) is 6.42 Å². The van der Waals surface area contributed by atoms with Crippen molar-refractivity contribution in [1.82, 2.24) is 9.78 Å². The molecule has 0 bridgehead atoms. The lowest BCUT2D eigenvalue weighted by atomic mass is 9.98. The van der Waals surface area contributed by atoms with E-state index in [1.54, 1.807) is 0 Å². The third kappa shape index (κ3) is 2.74. The van der Waals surface area contributed by atoms with Crippen LogP contribution in [-0.2, 0) is 0 Å². The zero-order chi connectivity index (χ0) is 10.7. The monoisotopic (exact) mass is 208 g/mol. The van der Waals surface area contributed by atoms with Gasteiger partial charge in [0.15, 0.2) is 5.75 Å². The summed E-state index contributed by atoms with van der Waals surface area (Å²) < 4.78 is 7.85. The molecule has 3 heteroatoms. The van der Waals surface area contributed by atoms with Crippen molar-refractivity contribution in [1.29, 1.82) is 0 Å². The summed E-state index contributed by atoms with van der Waals surface area (Å²) in [5.74, 6) is 0.926. The van der Waals surface area contributed by atoms with E-state index in [0.29, 0.717) is 12.1 Å². The van der Waals surface area contributed by atoms with Crippen molar-refractivity contribution in [2.24, 2.45) is 0 Å². The van der Waals surface area contributed by atoms with Gasteiger partial charge in [0, 0.05) is 6.04 Å². The second-order valence-electron chi connectivity index (χ2n) is 4.63. The summed E-state index contributed by atoms with van der Waals surface area (Å²) in [7, 11) is 0. The molecular weight excluding hydrogens is 188 g/mol. The fourth-order valence-corrected chi connectivity index (χ4v) is 2.04. The molecular formula is C12H20N2O. The Morgan fingerprint density at radius 3 is 2.67 bits per heavy atom. The van der Waals surface area contributed by atoms with Gasteiger partial charge in [0.1, 0.15) is 0 Å². The normalized spacial score (nSPS) is 18.3. The first kappa shape index (κ1) is 10.5. The molecule has 0 N–H and O–H groups in total. The molecule has 1 aliphatic carbocycles. The molecule has 0 aromatic carbocycles. The second-order valence-corrected chi connectivity index (χ2v) is 4.63. The van der Waals surface area contributed by atoms with Gasteiger partial charge in [0.25, 0.3) is 0 Å². The van der Waals surface area contributed by atoms with E-state index in [1.807, 2.05) is 17.1 Å². The smallest absolute Gasteiger partial charge is 0.157 e. The SMILES string of the molecule is CC(C)n1cc(OC2CCCCC2)cn1. The van der Waals surface area contributed by atoms with Crippen LogP contribution in [0.25, 0.3) is 0 Å². The van der Waals surface area contributed by atoms with Gasteiger partial charge in [0.2, 0.25) is 0 Å². The molecule has 84 valence electrons. The molecule has 0 spiro atoms. The molecule has 0 atom stereocenters. The van der Waals surface area contributed by atoms with Crippen LogP contribution in [0.15, 0.2) is 12.4 Å². The minimum atomic E-state index is 0.411. The number of ether oxygens (including phenoxy) is 1. The number of aromatic nitrogens is 2. The molecule has 1 heterocycles. The van der Waals surface area contributed by atoms with Crippen molar-refractivity contribution in [3.05, 3.63) is 12.4 Å². The van der Waals surface area contributed by atoms with E-state index in [-0.39, 0.29) is 0 Å². The molecule has 1 fully saturated rings. The van der Waals surface area contributed by atoms with Crippen LogP contribution < -0.4 is 4.74 Å². The lowest BCUT2D eigenvalue weighted by Gasteiger charge is -2.21. The highest BCUT2D eigenvalue weighted by molar-refractivity contribution is 5.12. The Labute approximate surface area is 91.4 Å². The fourth-order valence-electron chi connectivity index (χ4n) is 2.04. The van der Waals surface area contributed by atoms with Crippen LogP contribution in [0, 0.1) is 0 Å². The fraction of sp³-hybridized carbons (Fsp3) is 0.750. The summed E-state index contributed by atoms with van der Waals surface area (Å²) in [6.07, 6.45) is 10.6. The van der Waals surface area contributed by atoms with Gasteiger partial charge in [0.05, 0.1) is 18.5 Å². The molecule has 1 aromatic heterocycles. The highest BCUT2D eigenvalue weighted by Gasteiger charge is 2.15. The minimum absolute atomic E-state index is 0.411. The van der Waals surface area contributed by atoms with Crippen LogP contribution >= 0.6 is 0 Å². The summed E-state index contributed by atoms with van der Waals surface area (Å²) in [5.41, 5.74) is 0. The minimum Gasteiger partial charge on any atom is -0.487 e. The largest absolute Gasteiger partial charge is 0.487 e. The molecule has 2 rings (SSSR count). The van der Waals surface area contributed by atoms with Gasteiger partial charge < -0.3 is 4.74 Å².